The first-order valence-corrected chi connectivity index (χ1v) is 7.93. The number of halogens is 1. The van der Waals surface area contributed by atoms with E-state index in [1.165, 1.54) is 4.90 Å². The predicted octanol–water partition coefficient (Wildman–Crippen LogP) is 2.29. The lowest BCUT2D eigenvalue weighted by Gasteiger charge is -2.18. The van der Waals surface area contributed by atoms with Gasteiger partial charge in [0.15, 0.2) is 0 Å². The Kier molecular flexibility index (Phi) is 5.23. The van der Waals surface area contributed by atoms with Crippen LogP contribution in [0.2, 0.25) is 0 Å². The van der Waals surface area contributed by atoms with E-state index >= 15 is 0 Å². The summed E-state index contributed by atoms with van der Waals surface area (Å²) in [6, 6.07) is 10.8. The first-order valence-electron chi connectivity index (χ1n) is 6.85. The average Bonchev–Trinajstić information content (AvgIpc) is 2.95. The summed E-state index contributed by atoms with van der Waals surface area (Å²) in [6.45, 7) is 1.68. The highest BCUT2D eigenvalue weighted by Gasteiger charge is 2.20. The van der Waals surface area contributed by atoms with Crippen molar-refractivity contribution in [1.29, 1.82) is 0 Å². The number of carbonyl (C=O) groups excluding carboxylic acids is 2. The van der Waals surface area contributed by atoms with Gasteiger partial charge in [-0.3, -0.25) is 9.59 Å². The first-order chi connectivity index (χ1) is 10.4. The molecule has 0 saturated heterocycles. The van der Waals surface area contributed by atoms with Crippen LogP contribution in [-0.4, -0.2) is 41.4 Å². The van der Waals surface area contributed by atoms with E-state index in [1.807, 2.05) is 41.1 Å². The highest BCUT2D eigenvalue weighted by Crippen LogP contribution is 2.16. The lowest BCUT2D eigenvalue weighted by Crippen LogP contribution is -2.44. The summed E-state index contributed by atoms with van der Waals surface area (Å²) in [6.07, 6.45) is 1.83. The molecular weight excluding hydrogens is 393 g/mol. The number of amides is 2. The predicted molar refractivity (Wildman–Crippen MR) is 94.1 cm³/mol. The van der Waals surface area contributed by atoms with Crippen molar-refractivity contribution in [2.24, 2.45) is 0 Å². The maximum atomic E-state index is 12.4. The molecular formula is C16H18IN3O2. The fourth-order valence-corrected chi connectivity index (χ4v) is 2.66. The number of nitrogens with one attached hydrogen (secondary N) is 1. The van der Waals surface area contributed by atoms with Gasteiger partial charge in [0.1, 0.15) is 11.7 Å². The van der Waals surface area contributed by atoms with E-state index in [1.54, 1.807) is 27.1 Å². The van der Waals surface area contributed by atoms with Crippen molar-refractivity contribution >= 4 is 34.4 Å². The lowest BCUT2D eigenvalue weighted by molar-refractivity contribution is -0.130. The molecule has 1 aromatic heterocycles. The molecule has 2 aromatic rings. The minimum Gasteiger partial charge on any atom is -0.347 e. The fourth-order valence-electron chi connectivity index (χ4n) is 2.14. The Morgan fingerprint density at radius 3 is 2.59 bits per heavy atom. The second-order valence-electron chi connectivity index (χ2n) is 5.17. The number of hydrogen-bond acceptors (Lipinski definition) is 2. The van der Waals surface area contributed by atoms with E-state index in [4.69, 9.17) is 0 Å². The molecule has 0 aliphatic heterocycles. The van der Waals surface area contributed by atoms with Gasteiger partial charge in [-0.25, -0.2) is 0 Å². The molecule has 1 N–H and O–H groups in total. The van der Waals surface area contributed by atoms with Gasteiger partial charge in [0.25, 0.3) is 5.91 Å². The number of benzene rings is 1. The van der Waals surface area contributed by atoms with Gasteiger partial charge in [-0.1, -0.05) is 6.07 Å². The van der Waals surface area contributed by atoms with Gasteiger partial charge in [0, 0.05) is 29.5 Å². The zero-order valence-electron chi connectivity index (χ0n) is 12.7. The zero-order valence-corrected chi connectivity index (χ0v) is 14.9. The quantitative estimate of drug-likeness (QED) is 0.786. The van der Waals surface area contributed by atoms with E-state index in [-0.39, 0.29) is 11.8 Å². The van der Waals surface area contributed by atoms with Gasteiger partial charge in [0.2, 0.25) is 5.91 Å². The lowest BCUT2D eigenvalue weighted by atomic mass is 10.2. The van der Waals surface area contributed by atoms with Crippen LogP contribution in [0.4, 0.5) is 0 Å². The van der Waals surface area contributed by atoms with Crippen molar-refractivity contribution in [3.05, 3.63) is 51.9 Å². The van der Waals surface area contributed by atoms with Gasteiger partial charge in [-0.05, 0) is 59.8 Å². The number of aromatic nitrogens is 1. The second kappa shape index (κ2) is 6.95. The van der Waals surface area contributed by atoms with Gasteiger partial charge in [-0.15, -0.1) is 0 Å². The minimum atomic E-state index is -0.568. The summed E-state index contributed by atoms with van der Waals surface area (Å²) in [5.41, 5.74) is 1.41. The Morgan fingerprint density at radius 1 is 1.23 bits per heavy atom. The standard InChI is InChI=1S/C16H18IN3O2/c1-11(16(22)19(2)3)18-15(21)14-8-5-9-20(14)13-7-4-6-12(17)10-13/h4-11H,1-3H3,(H,18,21)/t11-/m0/s1. The molecule has 0 unspecified atom stereocenters. The molecule has 0 aliphatic carbocycles. The molecule has 1 heterocycles. The highest BCUT2D eigenvalue weighted by atomic mass is 127. The SMILES string of the molecule is C[C@H](NC(=O)c1cccn1-c1cccc(I)c1)C(=O)N(C)C. The van der Waals surface area contributed by atoms with E-state index < -0.39 is 6.04 Å². The van der Waals surface area contributed by atoms with Gasteiger partial charge >= 0.3 is 0 Å². The van der Waals surface area contributed by atoms with Crippen LogP contribution in [0.15, 0.2) is 42.6 Å². The molecule has 0 aliphatic rings. The third kappa shape index (κ3) is 3.68. The van der Waals surface area contributed by atoms with Crippen molar-refractivity contribution in [2.45, 2.75) is 13.0 Å². The maximum Gasteiger partial charge on any atom is 0.268 e. The van der Waals surface area contributed by atoms with Crippen molar-refractivity contribution in [2.75, 3.05) is 14.1 Å². The topological polar surface area (TPSA) is 54.3 Å². The van der Waals surface area contributed by atoms with Crippen LogP contribution in [0.25, 0.3) is 5.69 Å². The number of hydrogen-bond donors (Lipinski definition) is 1. The molecule has 2 rings (SSSR count). The molecule has 0 bridgehead atoms. The smallest absolute Gasteiger partial charge is 0.268 e. The van der Waals surface area contributed by atoms with E-state index in [2.05, 4.69) is 27.9 Å². The zero-order chi connectivity index (χ0) is 16.3. The molecule has 0 saturated carbocycles. The molecule has 2 amide bonds. The number of likely N-dealkylation sites (N-methyl/N-ethyl adjacent to an activating group) is 1. The molecule has 22 heavy (non-hydrogen) atoms. The number of carbonyl (C=O) groups is 2. The molecule has 6 heteroatoms. The highest BCUT2D eigenvalue weighted by molar-refractivity contribution is 14.1. The van der Waals surface area contributed by atoms with Crippen LogP contribution in [0, 0.1) is 3.57 Å². The summed E-state index contributed by atoms with van der Waals surface area (Å²) in [5, 5.41) is 2.74. The molecule has 116 valence electrons. The van der Waals surface area contributed by atoms with Crippen molar-refractivity contribution in [3.8, 4) is 5.69 Å². The summed E-state index contributed by atoms with van der Waals surface area (Å²) in [7, 11) is 3.33. The third-order valence-electron chi connectivity index (χ3n) is 3.23. The Bertz CT molecular complexity index is 694. The Hall–Kier alpha value is -1.83. The number of rotatable bonds is 4. The Balaban J connectivity index is 2.22. The summed E-state index contributed by atoms with van der Waals surface area (Å²) in [5.74, 6) is -0.410. The van der Waals surface area contributed by atoms with E-state index in [0.29, 0.717) is 5.69 Å². The first kappa shape index (κ1) is 16.5. The Labute approximate surface area is 143 Å². The normalized spacial score (nSPS) is 11.8. The van der Waals surface area contributed by atoms with Gasteiger partial charge in [-0.2, -0.15) is 0 Å². The molecule has 0 spiro atoms. The fraction of sp³-hybridized carbons (Fsp3) is 0.250. The van der Waals surface area contributed by atoms with E-state index in [0.717, 1.165) is 9.26 Å². The summed E-state index contributed by atoms with van der Waals surface area (Å²) >= 11 is 2.23. The molecule has 0 radical (unpaired) electrons. The van der Waals surface area contributed by atoms with Crippen molar-refractivity contribution < 1.29 is 9.59 Å². The van der Waals surface area contributed by atoms with Crippen LogP contribution in [0.5, 0.6) is 0 Å². The van der Waals surface area contributed by atoms with Crippen molar-refractivity contribution in [3.63, 3.8) is 0 Å². The Morgan fingerprint density at radius 2 is 1.95 bits per heavy atom. The molecule has 0 fully saturated rings. The third-order valence-corrected chi connectivity index (χ3v) is 3.90. The van der Waals surface area contributed by atoms with Gasteiger partial charge in [0.05, 0.1) is 0 Å². The minimum absolute atomic E-state index is 0.138. The molecule has 1 aromatic carbocycles. The van der Waals surface area contributed by atoms with Crippen molar-refractivity contribution in [1.82, 2.24) is 14.8 Å². The van der Waals surface area contributed by atoms with E-state index in [9.17, 15) is 9.59 Å². The maximum absolute atomic E-state index is 12.4. The summed E-state index contributed by atoms with van der Waals surface area (Å²) < 4.78 is 2.90. The van der Waals surface area contributed by atoms with Crippen LogP contribution in [0.3, 0.4) is 0 Å². The van der Waals surface area contributed by atoms with Crippen LogP contribution < -0.4 is 5.32 Å². The average molecular weight is 411 g/mol. The van der Waals surface area contributed by atoms with Crippen LogP contribution in [-0.2, 0) is 4.79 Å². The monoisotopic (exact) mass is 411 g/mol. The summed E-state index contributed by atoms with van der Waals surface area (Å²) in [4.78, 5) is 25.7. The van der Waals surface area contributed by atoms with Crippen LogP contribution >= 0.6 is 22.6 Å². The van der Waals surface area contributed by atoms with Crippen LogP contribution in [0.1, 0.15) is 17.4 Å². The largest absolute Gasteiger partial charge is 0.347 e. The molecule has 1 atom stereocenters. The van der Waals surface area contributed by atoms with Gasteiger partial charge < -0.3 is 14.8 Å². The second-order valence-corrected chi connectivity index (χ2v) is 6.42. The number of nitrogens with zero attached hydrogens (tertiary/aromatic N) is 2. The molecule has 5 nitrogen and oxygen atoms in total.